The first-order valence-corrected chi connectivity index (χ1v) is 11.0. The molecule has 4 unspecified atom stereocenters. The van der Waals surface area contributed by atoms with Crippen molar-refractivity contribution in [2.45, 2.75) is 98.5 Å². The van der Waals surface area contributed by atoms with Gasteiger partial charge in [-0.2, -0.15) is 0 Å². The molecule has 4 atom stereocenters. The highest BCUT2D eigenvalue weighted by molar-refractivity contribution is 5.81. The van der Waals surface area contributed by atoms with Gasteiger partial charge in [-0.05, 0) is 61.7 Å². The number of carboxylic acids is 1. The minimum atomic E-state index is -0.848. The third kappa shape index (κ3) is 6.50. The number of carbonyl (C=O) groups excluding carboxylic acids is 1. The molecule has 0 bridgehead atoms. The van der Waals surface area contributed by atoms with E-state index in [0.717, 1.165) is 31.6 Å². The normalized spacial score (nSPS) is 33.3. The van der Waals surface area contributed by atoms with Gasteiger partial charge in [-0.1, -0.05) is 53.9 Å². The van der Waals surface area contributed by atoms with Crippen LogP contribution in [0.25, 0.3) is 0 Å². The van der Waals surface area contributed by atoms with Crippen LogP contribution in [0.4, 0.5) is 0 Å². The lowest BCUT2D eigenvalue weighted by Gasteiger charge is -2.38. The van der Waals surface area contributed by atoms with Crippen molar-refractivity contribution in [2.75, 3.05) is 0 Å². The molecule has 2 aliphatic carbocycles. The monoisotopic (exact) mass is 380 g/mol. The van der Waals surface area contributed by atoms with Gasteiger partial charge in [0.25, 0.3) is 0 Å². The van der Waals surface area contributed by atoms with E-state index >= 15 is 0 Å². The van der Waals surface area contributed by atoms with Gasteiger partial charge in [0.1, 0.15) is 6.10 Å². The Balaban J connectivity index is 2.07. The lowest BCUT2D eigenvalue weighted by molar-refractivity contribution is -0.168. The summed E-state index contributed by atoms with van der Waals surface area (Å²) >= 11 is 0. The van der Waals surface area contributed by atoms with Gasteiger partial charge < -0.3 is 9.84 Å². The predicted octanol–water partition coefficient (Wildman–Crippen LogP) is 5.69. The van der Waals surface area contributed by atoms with Crippen LogP contribution in [-0.2, 0) is 14.3 Å². The predicted molar refractivity (Wildman–Crippen MR) is 107 cm³/mol. The maximum atomic E-state index is 13.0. The van der Waals surface area contributed by atoms with Crippen molar-refractivity contribution in [3.8, 4) is 0 Å². The molecule has 4 heteroatoms. The van der Waals surface area contributed by atoms with E-state index in [1.165, 1.54) is 19.3 Å². The molecule has 2 saturated carbocycles. The second-order valence-electron chi connectivity index (χ2n) is 10.4. The smallest absolute Gasteiger partial charge is 0.310 e. The van der Waals surface area contributed by atoms with Gasteiger partial charge in [-0.25, -0.2) is 0 Å². The second kappa shape index (κ2) is 9.43. The van der Waals surface area contributed by atoms with Crippen molar-refractivity contribution in [3.05, 3.63) is 0 Å². The number of hydrogen-bond acceptors (Lipinski definition) is 3. The van der Waals surface area contributed by atoms with Crippen molar-refractivity contribution in [2.24, 2.45) is 35.0 Å². The SMILES string of the molecule is CCC1CCC(C(CC(C)(C)C)OC(=O)C2CCC(C)CC2C(=O)O)CC1. The molecule has 156 valence electrons. The maximum absolute atomic E-state index is 13.0. The van der Waals surface area contributed by atoms with Gasteiger partial charge in [-0.3, -0.25) is 9.59 Å². The molecule has 2 aliphatic rings. The second-order valence-corrected chi connectivity index (χ2v) is 10.4. The van der Waals surface area contributed by atoms with Crippen molar-refractivity contribution >= 4 is 11.9 Å². The zero-order valence-electron chi connectivity index (χ0n) is 18.0. The molecule has 1 N–H and O–H groups in total. The molecule has 0 heterocycles. The average molecular weight is 381 g/mol. The lowest BCUT2D eigenvalue weighted by atomic mass is 9.73. The molecule has 27 heavy (non-hydrogen) atoms. The van der Waals surface area contributed by atoms with Gasteiger partial charge in [-0.15, -0.1) is 0 Å². The molecule has 0 aromatic rings. The van der Waals surface area contributed by atoms with Crippen molar-refractivity contribution in [1.82, 2.24) is 0 Å². The number of ether oxygens (including phenoxy) is 1. The van der Waals surface area contributed by atoms with Crippen LogP contribution in [-0.4, -0.2) is 23.1 Å². The first-order valence-electron chi connectivity index (χ1n) is 11.0. The molecule has 4 nitrogen and oxygen atoms in total. The van der Waals surface area contributed by atoms with E-state index in [0.29, 0.717) is 24.7 Å². The average Bonchev–Trinajstić information content (AvgIpc) is 2.59. The number of carboxylic acid groups (broad SMARTS) is 1. The minimum Gasteiger partial charge on any atom is -0.481 e. The van der Waals surface area contributed by atoms with Gasteiger partial charge in [0.05, 0.1) is 11.8 Å². The number of rotatable bonds is 6. The van der Waals surface area contributed by atoms with Gasteiger partial charge in [0.2, 0.25) is 0 Å². The number of aliphatic carboxylic acids is 1. The Morgan fingerprint density at radius 3 is 2.19 bits per heavy atom. The molecule has 0 saturated heterocycles. The zero-order chi connectivity index (χ0) is 20.2. The van der Waals surface area contributed by atoms with E-state index < -0.39 is 17.8 Å². The van der Waals surface area contributed by atoms with Crippen LogP contribution in [0, 0.1) is 35.0 Å². The van der Waals surface area contributed by atoms with E-state index in [1.54, 1.807) is 0 Å². The Hall–Kier alpha value is -1.06. The van der Waals surface area contributed by atoms with Gasteiger partial charge in [0.15, 0.2) is 0 Å². The van der Waals surface area contributed by atoms with Crippen LogP contribution in [0.2, 0.25) is 0 Å². The molecule has 0 amide bonds. The summed E-state index contributed by atoms with van der Waals surface area (Å²) in [6.45, 7) is 10.9. The van der Waals surface area contributed by atoms with Crippen LogP contribution in [0.5, 0.6) is 0 Å². The topological polar surface area (TPSA) is 63.6 Å². The standard InChI is InChI=1S/C23H40O4/c1-6-16-8-10-17(11-9-16)20(14-23(3,4)5)27-22(26)18-12-7-15(2)13-19(18)21(24)25/h15-20H,6-14H2,1-5H3,(H,24,25). The van der Waals surface area contributed by atoms with E-state index in [-0.39, 0.29) is 17.5 Å². The lowest BCUT2D eigenvalue weighted by Crippen LogP contribution is -2.40. The molecule has 2 rings (SSSR count). The number of hydrogen-bond donors (Lipinski definition) is 1. The van der Waals surface area contributed by atoms with Crippen molar-refractivity contribution in [3.63, 3.8) is 0 Å². The van der Waals surface area contributed by atoms with Crippen LogP contribution >= 0.6 is 0 Å². The highest BCUT2D eigenvalue weighted by Gasteiger charge is 2.41. The highest BCUT2D eigenvalue weighted by Crippen LogP contribution is 2.39. The Labute approximate surface area is 165 Å². The van der Waals surface area contributed by atoms with Crippen LogP contribution in [0.1, 0.15) is 92.4 Å². The van der Waals surface area contributed by atoms with E-state index in [4.69, 9.17) is 4.74 Å². The Morgan fingerprint density at radius 1 is 1.04 bits per heavy atom. The maximum Gasteiger partial charge on any atom is 0.310 e. The van der Waals surface area contributed by atoms with Crippen LogP contribution in [0.15, 0.2) is 0 Å². The summed E-state index contributed by atoms with van der Waals surface area (Å²) in [6.07, 6.45) is 8.82. The number of carbonyl (C=O) groups is 2. The van der Waals surface area contributed by atoms with Crippen LogP contribution in [0.3, 0.4) is 0 Å². The molecule has 0 aliphatic heterocycles. The molecular formula is C23H40O4. The summed E-state index contributed by atoms with van der Waals surface area (Å²) in [5, 5.41) is 9.59. The van der Waals surface area contributed by atoms with Gasteiger partial charge >= 0.3 is 11.9 Å². The summed E-state index contributed by atoms with van der Waals surface area (Å²) < 4.78 is 6.09. The van der Waals surface area contributed by atoms with Crippen molar-refractivity contribution < 1.29 is 19.4 Å². The van der Waals surface area contributed by atoms with E-state index in [2.05, 4.69) is 34.6 Å². The summed E-state index contributed by atoms with van der Waals surface area (Å²) in [7, 11) is 0. The summed E-state index contributed by atoms with van der Waals surface area (Å²) in [5.41, 5.74) is 0.0832. The van der Waals surface area contributed by atoms with E-state index in [1.807, 2.05) is 0 Å². The molecule has 0 aromatic heterocycles. The third-order valence-electron chi connectivity index (χ3n) is 6.81. The summed E-state index contributed by atoms with van der Waals surface area (Å²) in [4.78, 5) is 24.7. The summed E-state index contributed by atoms with van der Waals surface area (Å²) in [6, 6.07) is 0. The fraction of sp³-hybridized carbons (Fsp3) is 0.913. The zero-order valence-corrected chi connectivity index (χ0v) is 18.0. The quantitative estimate of drug-likeness (QED) is 0.601. The minimum absolute atomic E-state index is 0.0795. The highest BCUT2D eigenvalue weighted by atomic mass is 16.5. The van der Waals surface area contributed by atoms with Crippen LogP contribution < -0.4 is 0 Å². The van der Waals surface area contributed by atoms with Crippen molar-refractivity contribution in [1.29, 1.82) is 0 Å². The fourth-order valence-electron chi connectivity index (χ4n) is 5.05. The molecule has 0 spiro atoms. The first-order chi connectivity index (χ1) is 12.6. The van der Waals surface area contributed by atoms with Gasteiger partial charge in [0, 0.05) is 0 Å². The number of esters is 1. The summed E-state index contributed by atoms with van der Waals surface area (Å²) in [5.74, 6) is -0.587. The Bertz CT molecular complexity index is 499. The Kier molecular flexibility index (Phi) is 7.76. The Morgan fingerprint density at radius 2 is 1.67 bits per heavy atom. The molecule has 0 aromatic carbocycles. The molecule has 2 fully saturated rings. The largest absolute Gasteiger partial charge is 0.481 e. The fourth-order valence-corrected chi connectivity index (χ4v) is 5.05. The molecule has 0 radical (unpaired) electrons. The van der Waals surface area contributed by atoms with E-state index in [9.17, 15) is 14.7 Å². The first kappa shape index (κ1) is 22.2. The molecular weight excluding hydrogens is 340 g/mol. The third-order valence-corrected chi connectivity index (χ3v) is 6.81.